The highest BCUT2D eigenvalue weighted by atomic mass is 19.1. The minimum Gasteiger partial charge on any atom is -0.368 e. The zero-order valence-corrected chi connectivity index (χ0v) is 10.6. The van der Waals surface area contributed by atoms with Gasteiger partial charge in [0.05, 0.1) is 6.04 Å². The topological polar surface area (TPSA) is 64.2 Å². The summed E-state index contributed by atoms with van der Waals surface area (Å²) in [4.78, 5) is 13.1. The highest BCUT2D eigenvalue weighted by molar-refractivity contribution is 5.80. The number of alkyl halides is 1. The molecule has 1 aliphatic heterocycles. The second-order valence-corrected chi connectivity index (χ2v) is 4.63. The van der Waals surface area contributed by atoms with Gasteiger partial charge in [0, 0.05) is 44.4 Å². The van der Waals surface area contributed by atoms with Crippen LogP contribution in [0.1, 0.15) is 19.0 Å². The molecule has 1 fully saturated rings. The summed E-state index contributed by atoms with van der Waals surface area (Å²) in [6.07, 6.45) is 1.79. The van der Waals surface area contributed by atoms with E-state index in [2.05, 4.69) is 5.10 Å². The van der Waals surface area contributed by atoms with E-state index in [9.17, 15) is 9.18 Å². The largest absolute Gasteiger partial charge is 0.368 e. The Morgan fingerprint density at radius 1 is 1.67 bits per heavy atom. The minimum absolute atomic E-state index is 0.225. The third-order valence-electron chi connectivity index (χ3n) is 3.44. The van der Waals surface area contributed by atoms with E-state index >= 15 is 0 Å². The van der Waals surface area contributed by atoms with E-state index in [0.29, 0.717) is 13.1 Å². The average molecular weight is 254 g/mol. The van der Waals surface area contributed by atoms with Crippen molar-refractivity contribution in [3.8, 4) is 0 Å². The average Bonchev–Trinajstić information content (AvgIpc) is 2.91. The third-order valence-corrected chi connectivity index (χ3v) is 3.44. The van der Waals surface area contributed by atoms with Crippen molar-refractivity contribution in [1.82, 2.24) is 14.7 Å². The van der Waals surface area contributed by atoms with Crippen molar-refractivity contribution in [3.05, 3.63) is 18.0 Å². The van der Waals surface area contributed by atoms with Gasteiger partial charge in [-0.1, -0.05) is 0 Å². The van der Waals surface area contributed by atoms with Gasteiger partial charge in [-0.3, -0.25) is 14.4 Å². The first kappa shape index (κ1) is 13.0. The number of likely N-dealkylation sites (tertiary alicyclic amines) is 1. The number of hydrogen-bond acceptors (Lipinski definition) is 3. The SMILES string of the molecule is CCn1nccc1CCN1C[C@H](F)C[C@H]1C(N)=O. The first-order valence-corrected chi connectivity index (χ1v) is 6.30. The summed E-state index contributed by atoms with van der Waals surface area (Å²) in [5.41, 5.74) is 6.39. The Morgan fingerprint density at radius 2 is 2.44 bits per heavy atom. The molecule has 2 rings (SSSR count). The van der Waals surface area contributed by atoms with Gasteiger partial charge in [-0.2, -0.15) is 5.10 Å². The lowest BCUT2D eigenvalue weighted by Gasteiger charge is -2.21. The van der Waals surface area contributed by atoms with Crippen LogP contribution >= 0.6 is 0 Å². The summed E-state index contributed by atoms with van der Waals surface area (Å²) in [7, 11) is 0. The first-order valence-electron chi connectivity index (χ1n) is 6.30. The van der Waals surface area contributed by atoms with E-state index in [-0.39, 0.29) is 6.42 Å². The fraction of sp³-hybridized carbons (Fsp3) is 0.667. The molecular weight excluding hydrogens is 235 g/mol. The Balaban J connectivity index is 1.95. The number of nitrogens with two attached hydrogens (primary N) is 1. The molecule has 5 nitrogen and oxygen atoms in total. The van der Waals surface area contributed by atoms with Crippen molar-refractivity contribution in [1.29, 1.82) is 0 Å². The smallest absolute Gasteiger partial charge is 0.234 e. The number of halogens is 1. The zero-order chi connectivity index (χ0) is 13.1. The van der Waals surface area contributed by atoms with Crippen molar-refractivity contribution < 1.29 is 9.18 Å². The highest BCUT2D eigenvalue weighted by Crippen LogP contribution is 2.20. The van der Waals surface area contributed by atoms with Crippen LogP contribution < -0.4 is 5.73 Å². The van der Waals surface area contributed by atoms with Crippen molar-refractivity contribution in [3.63, 3.8) is 0 Å². The molecule has 1 saturated heterocycles. The first-order chi connectivity index (χ1) is 8.61. The van der Waals surface area contributed by atoms with Gasteiger partial charge in [0.1, 0.15) is 6.17 Å². The van der Waals surface area contributed by atoms with Gasteiger partial charge in [0.15, 0.2) is 0 Å². The molecule has 1 amide bonds. The number of nitrogens with zero attached hydrogens (tertiary/aromatic N) is 3. The molecule has 1 aliphatic rings. The molecule has 0 unspecified atom stereocenters. The maximum Gasteiger partial charge on any atom is 0.234 e. The number of carbonyl (C=O) groups is 1. The van der Waals surface area contributed by atoms with E-state index in [1.165, 1.54) is 0 Å². The third kappa shape index (κ3) is 2.69. The second kappa shape index (κ2) is 5.48. The van der Waals surface area contributed by atoms with E-state index in [0.717, 1.165) is 18.7 Å². The monoisotopic (exact) mass is 254 g/mol. The van der Waals surface area contributed by atoms with Gasteiger partial charge in [0.25, 0.3) is 0 Å². The molecule has 0 radical (unpaired) electrons. The van der Waals surface area contributed by atoms with Crippen LogP contribution in [-0.2, 0) is 17.8 Å². The Kier molecular flexibility index (Phi) is 3.96. The van der Waals surface area contributed by atoms with Gasteiger partial charge in [-0.15, -0.1) is 0 Å². The van der Waals surface area contributed by atoms with E-state index < -0.39 is 18.1 Å². The zero-order valence-electron chi connectivity index (χ0n) is 10.6. The predicted molar refractivity (Wildman–Crippen MR) is 65.7 cm³/mol. The summed E-state index contributed by atoms with van der Waals surface area (Å²) in [5, 5.41) is 4.18. The van der Waals surface area contributed by atoms with E-state index in [1.54, 1.807) is 6.20 Å². The quantitative estimate of drug-likeness (QED) is 0.824. The van der Waals surface area contributed by atoms with Crippen LogP contribution in [0, 0.1) is 0 Å². The van der Waals surface area contributed by atoms with Crippen LogP contribution in [0.5, 0.6) is 0 Å². The molecule has 100 valence electrons. The molecule has 18 heavy (non-hydrogen) atoms. The number of aryl methyl sites for hydroxylation is 1. The van der Waals surface area contributed by atoms with Crippen LogP contribution in [0.25, 0.3) is 0 Å². The summed E-state index contributed by atoms with van der Waals surface area (Å²) >= 11 is 0. The molecule has 0 aliphatic carbocycles. The molecule has 1 aromatic heterocycles. The molecule has 0 aromatic carbocycles. The molecule has 1 aromatic rings. The Labute approximate surface area is 106 Å². The van der Waals surface area contributed by atoms with Crippen LogP contribution in [0.3, 0.4) is 0 Å². The van der Waals surface area contributed by atoms with E-state index in [1.807, 2.05) is 22.6 Å². The predicted octanol–water partition coefficient (Wildman–Crippen LogP) is 0.343. The Hall–Kier alpha value is -1.43. The van der Waals surface area contributed by atoms with Crippen molar-refractivity contribution >= 4 is 5.91 Å². The molecule has 2 heterocycles. The molecule has 2 atom stereocenters. The molecule has 0 saturated carbocycles. The lowest BCUT2D eigenvalue weighted by molar-refractivity contribution is -0.122. The van der Waals surface area contributed by atoms with Gasteiger partial charge in [0.2, 0.25) is 5.91 Å². The summed E-state index contributed by atoms with van der Waals surface area (Å²) in [6.45, 7) is 3.77. The molecule has 0 spiro atoms. The lowest BCUT2D eigenvalue weighted by Crippen LogP contribution is -2.41. The summed E-state index contributed by atoms with van der Waals surface area (Å²) in [5.74, 6) is -0.431. The number of primary amides is 1. The maximum atomic E-state index is 13.3. The van der Waals surface area contributed by atoms with Crippen LogP contribution in [-0.4, -0.2) is 45.9 Å². The Morgan fingerprint density at radius 3 is 3.11 bits per heavy atom. The molecule has 6 heteroatoms. The van der Waals surface area contributed by atoms with Crippen molar-refractivity contribution in [2.45, 2.75) is 38.5 Å². The van der Waals surface area contributed by atoms with Crippen molar-refractivity contribution in [2.75, 3.05) is 13.1 Å². The fourth-order valence-corrected chi connectivity index (χ4v) is 2.51. The van der Waals surface area contributed by atoms with Gasteiger partial charge >= 0.3 is 0 Å². The number of amides is 1. The van der Waals surface area contributed by atoms with Gasteiger partial charge in [-0.05, 0) is 13.0 Å². The normalized spacial score (nSPS) is 24.6. The standard InChI is InChI=1S/C12H19FN4O/c1-2-17-10(3-5-15-17)4-6-16-8-9(13)7-11(16)12(14)18/h3,5,9,11H,2,4,6-8H2,1H3,(H2,14,18)/t9-,11+/m1/s1. The lowest BCUT2D eigenvalue weighted by atomic mass is 10.2. The minimum atomic E-state index is -0.946. The van der Waals surface area contributed by atoms with Crippen LogP contribution in [0.4, 0.5) is 4.39 Å². The van der Waals surface area contributed by atoms with Crippen molar-refractivity contribution in [2.24, 2.45) is 5.73 Å². The fourth-order valence-electron chi connectivity index (χ4n) is 2.51. The van der Waals surface area contributed by atoms with Gasteiger partial charge < -0.3 is 5.73 Å². The highest BCUT2D eigenvalue weighted by Gasteiger charge is 2.35. The molecule has 0 bridgehead atoms. The Bertz CT molecular complexity index is 420. The maximum absolute atomic E-state index is 13.3. The van der Waals surface area contributed by atoms with E-state index in [4.69, 9.17) is 5.73 Å². The number of aromatic nitrogens is 2. The summed E-state index contributed by atoms with van der Waals surface area (Å²) < 4.78 is 15.2. The number of carbonyl (C=O) groups excluding carboxylic acids is 1. The van der Waals surface area contributed by atoms with Crippen LogP contribution in [0.2, 0.25) is 0 Å². The number of hydrogen-bond donors (Lipinski definition) is 1. The number of rotatable bonds is 5. The molecular formula is C12H19FN4O. The van der Waals surface area contributed by atoms with Crippen LogP contribution in [0.15, 0.2) is 12.3 Å². The molecule has 2 N–H and O–H groups in total. The summed E-state index contributed by atoms with van der Waals surface area (Å²) in [6, 6.07) is 1.49. The second-order valence-electron chi connectivity index (χ2n) is 4.63. The van der Waals surface area contributed by atoms with Gasteiger partial charge in [-0.25, -0.2) is 4.39 Å².